The molecule has 2 atom stereocenters. The van der Waals surface area contributed by atoms with Crippen molar-refractivity contribution in [2.24, 2.45) is 0 Å². The van der Waals surface area contributed by atoms with Crippen LogP contribution in [-0.2, 0) is 10.8 Å². The SMILES string of the molecule is CC(C)(C)c1cc2c3c(cc4c2c2ccccc2n4-c2ccccc2)c(C(C)(C)C)cc2c4c(cc1c23)N(c1ccccc1)C1C=CC=CC41. The average Bonchev–Trinajstić information content (AvgIpc) is 3.62. The summed E-state index contributed by atoms with van der Waals surface area (Å²) < 4.78 is 2.49. The molecule has 1 aliphatic carbocycles. The van der Waals surface area contributed by atoms with Gasteiger partial charge in [-0.2, -0.15) is 0 Å². The van der Waals surface area contributed by atoms with Crippen molar-refractivity contribution in [3.05, 3.63) is 150 Å². The van der Waals surface area contributed by atoms with E-state index >= 15 is 0 Å². The lowest BCUT2D eigenvalue weighted by Crippen LogP contribution is -2.28. The van der Waals surface area contributed by atoms with Gasteiger partial charge in [-0.1, -0.05) is 120 Å². The Morgan fingerprint density at radius 1 is 0.480 bits per heavy atom. The van der Waals surface area contributed by atoms with Gasteiger partial charge < -0.3 is 9.47 Å². The van der Waals surface area contributed by atoms with E-state index in [4.69, 9.17) is 0 Å². The molecule has 2 heteroatoms. The number of benzene rings is 7. The molecule has 0 bridgehead atoms. The number of allylic oxidation sites excluding steroid dienone is 2. The smallest absolute Gasteiger partial charge is 0.0629 e. The first-order valence-corrected chi connectivity index (χ1v) is 18.1. The van der Waals surface area contributed by atoms with Crippen LogP contribution in [0.5, 0.6) is 0 Å². The lowest BCUT2D eigenvalue weighted by molar-refractivity contribution is 0.595. The maximum absolute atomic E-state index is 2.60. The molecule has 7 aromatic carbocycles. The summed E-state index contributed by atoms with van der Waals surface area (Å²) in [6.45, 7) is 14.3. The van der Waals surface area contributed by atoms with Crippen LogP contribution in [0.4, 0.5) is 11.4 Å². The minimum absolute atomic E-state index is 0.0704. The first kappa shape index (κ1) is 29.6. The number of fused-ring (bicyclic) bond motifs is 8. The molecular weight excluding hydrogens is 605 g/mol. The van der Waals surface area contributed by atoms with Crippen LogP contribution >= 0.6 is 0 Å². The number of nitrogens with zero attached hydrogens (tertiary/aromatic N) is 2. The third kappa shape index (κ3) is 3.96. The van der Waals surface area contributed by atoms with Crippen LogP contribution in [0.2, 0.25) is 0 Å². The molecule has 50 heavy (non-hydrogen) atoms. The zero-order valence-electron chi connectivity index (χ0n) is 29.8. The van der Waals surface area contributed by atoms with Gasteiger partial charge in [-0.15, -0.1) is 0 Å². The summed E-state index contributed by atoms with van der Waals surface area (Å²) in [5.74, 6) is 0.269. The highest BCUT2D eigenvalue weighted by atomic mass is 15.2. The molecule has 0 saturated heterocycles. The molecule has 1 aliphatic heterocycles. The van der Waals surface area contributed by atoms with Crippen LogP contribution < -0.4 is 4.90 Å². The molecule has 0 amide bonds. The van der Waals surface area contributed by atoms with Crippen molar-refractivity contribution in [3.63, 3.8) is 0 Å². The van der Waals surface area contributed by atoms with Gasteiger partial charge in [0.05, 0.1) is 17.1 Å². The second-order valence-corrected chi connectivity index (χ2v) is 16.5. The van der Waals surface area contributed by atoms with Crippen molar-refractivity contribution in [2.75, 3.05) is 4.90 Å². The van der Waals surface area contributed by atoms with Crippen molar-refractivity contribution in [1.29, 1.82) is 0 Å². The largest absolute Gasteiger partial charge is 0.333 e. The summed E-state index contributed by atoms with van der Waals surface area (Å²) in [5, 5.41) is 11.0. The molecule has 2 heterocycles. The van der Waals surface area contributed by atoms with E-state index in [1.165, 1.54) is 87.9 Å². The van der Waals surface area contributed by atoms with Gasteiger partial charge >= 0.3 is 0 Å². The van der Waals surface area contributed by atoms with Crippen LogP contribution in [0.15, 0.2) is 133 Å². The quantitative estimate of drug-likeness (QED) is 0.170. The molecule has 1 aromatic heterocycles. The molecule has 0 spiro atoms. The normalized spacial score (nSPS) is 17.6. The molecule has 0 radical (unpaired) electrons. The standard InChI is InChI=1S/C48H42N2/c1-47(2,3)37-25-35-43-31-21-13-15-23-39(31)50(30-19-11-8-12-20-30)42(43)28-34-38(48(4,5)6)26-36-44-32-22-14-16-24-40(32)49(29-17-9-7-10-18-29)41(44)27-33(37)45(36)46(34)35/h7-28,31,39H,1-6H3. The Hall–Kier alpha value is -5.34. The first-order valence-electron chi connectivity index (χ1n) is 18.1. The molecule has 8 aromatic rings. The average molecular weight is 647 g/mol. The highest BCUT2D eigenvalue weighted by Gasteiger charge is 2.40. The highest BCUT2D eigenvalue weighted by molar-refractivity contribution is 6.35. The third-order valence-corrected chi connectivity index (χ3v) is 11.5. The predicted molar refractivity (Wildman–Crippen MR) is 215 cm³/mol. The van der Waals surface area contributed by atoms with E-state index in [9.17, 15) is 0 Å². The van der Waals surface area contributed by atoms with Gasteiger partial charge in [0, 0.05) is 33.8 Å². The Morgan fingerprint density at radius 2 is 1.06 bits per heavy atom. The maximum atomic E-state index is 2.60. The first-order chi connectivity index (χ1) is 24.1. The van der Waals surface area contributed by atoms with Crippen molar-refractivity contribution in [2.45, 2.75) is 64.3 Å². The van der Waals surface area contributed by atoms with Gasteiger partial charge in [-0.3, -0.25) is 0 Å². The summed E-state index contributed by atoms with van der Waals surface area (Å²) >= 11 is 0. The number of rotatable bonds is 2. The van der Waals surface area contributed by atoms with Crippen molar-refractivity contribution in [3.8, 4) is 5.69 Å². The van der Waals surface area contributed by atoms with Gasteiger partial charge in [-0.05, 0) is 114 Å². The van der Waals surface area contributed by atoms with E-state index < -0.39 is 0 Å². The van der Waals surface area contributed by atoms with Gasteiger partial charge in [0.15, 0.2) is 0 Å². The number of aromatic nitrogens is 1. The van der Waals surface area contributed by atoms with Crippen LogP contribution in [0.3, 0.4) is 0 Å². The van der Waals surface area contributed by atoms with E-state index in [1.807, 2.05) is 0 Å². The van der Waals surface area contributed by atoms with Gasteiger partial charge in [0.1, 0.15) is 0 Å². The van der Waals surface area contributed by atoms with Crippen molar-refractivity contribution < 1.29 is 0 Å². The second-order valence-electron chi connectivity index (χ2n) is 16.5. The fraction of sp³-hybridized carbons (Fsp3) is 0.208. The van der Waals surface area contributed by atoms with Crippen LogP contribution in [0.1, 0.15) is 64.2 Å². The molecule has 2 nitrogen and oxygen atoms in total. The molecule has 0 saturated carbocycles. The van der Waals surface area contributed by atoms with E-state index in [0.29, 0.717) is 0 Å². The van der Waals surface area contributed by atoms with Crippen LogP contribution in [-0.4, -0.2) is 10.6 Å². The third-order valence-electron chi connectivity index (χ3n) is 11.5. The molecule has 244 valence electrons. The summed E-state index contributed by atoms with van der Waals surface area (Å²) in [5.41, 5.74) is 10.4. The van der Waals surface area contributed by atoms with Gasteiger partial charge in [0.2, 0.25) is 0 Å². The molecule has 10 rings (SSSR count). The zero-order chi connectivity index (χ0) is 34.1. The Kier molecular flexibility index (Phi) is 5.98. The summed E-state index contributed by atoms with van der Waals surface area (Å²) in [6, 6.07) is 41.4. The molecular formula is C48H42N2. The van der Waals surface area contributed by atoms with Crippen LogP contribution in [0, 0.1) is 0 Å². The summed E-state index contributed by atoms with van der Waals surface area (Å²) in [4.78, 5) is 2.60. The van der Waals surface area contributed by atoms with E-state index in [2.05, 4.69) is 185 Å². The Morgan fingerprint density at radius 3 is 1.76 bits per heavy atom. The van der Waals surface area contributed by atoms with E-state index in [0.717, 1.165) is 0 Å². The number of hydrogen-bond donors (Lipinski definition) is 0. The lowest BCUT2D eigenvalue weighted by atomic mass is 9.74. The maximum Gasteiger partial charge on any atom is 0.0629 e. The minimum atomic E-state index is -0.0728. The van der Waals surface area contributed by atoms with E-state index in [-0.39, 0.29) is 22.8 Å². The highest BCUT2D eigenvalue weighted by Crippen LogP contribution is 2.56. The predicted octanol–water partition coefficient (Wildman–Crippen LogP) is 13.0. The molecule has 0 N–H and O–H groups in total. The Bertz CT molecular complexity index is 2710. The zero-order valence-corrected chi connectivity index (χ0v) is 29.8. The number of para-hydroxylation sites is 3. The number of anilines is 2. The number of hydrogen-bond acceptors (Lipinski definition) is 1. The summed E-state index contributed by atoms with van der Waals surface area (Å²) in [7, 11) is 0. The van der Waals surface area contributed by atoms with E-state index in [1.54, 1.807) is 0 Å². The molecule has 2 aliphatic rings. The van der Waals surface area contributed by atoms with Crippen LogP contribution in [0.25, 0.3) is 59.8 Å². The Labute approximate surface area is 294 Å². The summed E-state index contributed by atoms with van der Waals surface area (Å²) in [6.07, 6.45) is 9.33. The lowest BCUT2D eigenvalue weighted by Gasteiger charge is -2.30. The van der Waals surface area contributed by atoms with Gasteiger partial charge in [0.25, 0.3) is 0 Å². The Balaban J connectivity index is 1.46. The molecule has 2 unspecified atom stereocenters. The van der Waals surface area contributed by atoms with Crippen molar-refractivity contribution in [1.82, 2.24) is 4.57 Å². The van der Waals surface area contributed by atoms with Crippen molar-refractivity contribution >= 4 is 65.5 Å². The monoisotopic (exact) mass is 646 g/mol. The topological polar surface area (TPSA) is 8.17 Å². The molecule has 0 fully saturated rings. The fourth-order valence-electron chi connectivity index (χ4n) is 9.38. The fourth-order valence-corrected chi connectivity index (χ4v) is 9.38. The minimum Gasteiger partial charge on any atom is -0.333 e. The van der Waals surface area contributed by atoms with Gasteiger partial charge in [-0.25, -0.2) is 0 Å². The second kappa shape index (κ2) is 10.1.